The van der Waals surface area contributed by atoms with Crippen LogP contribution in [0.5, 0.6) is 0 Å². The van der Waals surface area contributed by atoms with Crippen molar-refractivity contribution in [3.63, 3.8) is 0 Å². The Morgan fingerprint density at radius 2 is 1.94 bits per heavy atom. The number of nitrogens with two attached hydrogens (primary N) is 1. The fourth-order valence-electron chi connectivity index (χ4n) is 1.51. The Morgan fingerprint density at radius 1 is 1.12 bits per heavy atom. The van der Waals surface area contributed by atoms with Gasteiger partial charge < -0.3 is 11.1 Å². The van der Waals surface area contributed by atoms with Crippen molar-refractivity contribution < 1.29 is 4.39 Å². The molecule has 16 heavy (non-hydrogen) atoms. The molecule has 0 aliphatic carbocycles. The molecular formula is C13H13FN2. The van der Waals surface area contributed by atoms with Crippen molar-refractivity contribution in [3.05, 3.63) is 53.8 Å². The van der Waals surface area contributed by atoms with Gasteiger partial charge in [0.1, 0.15) is 5.82 Å². The minimum Gasteiger partial charge on any atom is -0.399 e. The van der Waals surface area contributed by atoms with Gasteiger partial charge in [0.15, 0.2) is 0 Å². The molecule has 82 valence electrons. The summed E-state index contributed by atoms with van der Waals surface area (Å²) < 4.78 is 13.5. The molecule has 0 aliphatic heterocycles. The van der Waals surface area contributed by atoms with Crippen LogP contribution in [0.4, 0.5) is 21.5 Å². The third-order valence-electron chi connectivity index (χ3n) is 2.29. The second-order valence-corrected chi connectivity index (χ2v) is 3.73. The number of hydrogen-bond donors (Lipinski definition) is 2. The smallest absolute Gasteiger partial charge is 0.148 e. The fourth-order valence-corrected chi connectivity index (χ4v) is 1.51. The number of hydrogen-bond acceptors (Lipinski definition) is 2. The molecule has 2 rings (SSSR count). The van der Waals surface area contributed by atoms with E-state index < -0.39 is 0 Å². The van der Waals surface area contributed by atoms with Crippen LogP contribution in [0.3, 0.4) is 0 Å². The lowest BCUT2D eigenvalue weighted by atomic mass is 10.2. The van der Waals surface area contributed by atoms with Crippen molar-refractivity contribution >= 4 is 17.1 Å². The lowest BCUT2D eigenvalue weighted by Gasteiger charge is -2.08. The molecule has 0 radical (unpaired) electrons. The van der Waals surface area contributed by atoms with Gasteiger partial charge in [-0.3, -0.25) is 0 Å². The van der Waals surface area contributed by atoms with E-state index in [1.807, 2.05) is 31.2 Å². The number of anilines is 3. The zero-order valence-electron chi connectivity index (χ0n) is 9.00. The Bertz CT molecular complexity index is 509. The van der Waals surface area contributed by atoms with Crippen molar-refractivity contribution in [2.75, 3.05) is 11.1 Å². The maximum Gasteiger partial charge on any atom is 0.148 e. The molecule has 2 aromatic carbocycles. The van der Waals surface area contributed by atoms with Crippen LogP contribution in [-0.4, -0.2) is 0 Å². The topological polar surface area (TPSA) is 38.0 Å². The molecule has 0 saturated heterocycles. The minimum atomic E-state index is -0.346. The summed E-state index contributed by atoms with van der Waals surface area (Å²) in [6, 6.07) is 12.4. The lowest BCUT2D eigenvalue weighted by Crippen LogP contribution is -1.95. The van der Waals surface area contributed by atoms with Crippen LogP contribution in [0.25, 0.3) is 0 Å². The summed E-state index contributed by atoms with van der Waals surface area (Å²) in [5.41, 5.74) is 8.32. The SMILES string of the molecule is Cc1cccc(Nc2ccc(N)cc2F)c1. The first-order valence-corrected chi connectivity index (χ1v) is 5.04. The van der Waals surface area contributed by atoms with Crippen LogP contribution in [0, 0.1) is 12.7 Å². The van der Waals surface area contributed by atoms with E-state index in [2.05, 4.69) is 5.32 Å². The molecule has 0 atom stereocenters. The highest BCUT2D eigenvalue weighted by Crippen LogP contribution is 2.22. The van der Waals surface area contributed by atoms with Gasteiger partial charge in [0.05, 0.1) is 5.69 Å². The fraction of sp³-hybridized carbons (Fsp3) is 0.0769. The lowest BCUT2D eigenvalue weighted by molar-refractivity contribution is 0.632. The Morgan fingerprint density at radius 3 is 2.62 bits per heavy atom. The molecule has 0 aromatic heterocycles. The quantitative estimate of drug-likeness (QED) is 0.754. The summed E-state index contributed by atoms with van der Waals surface area (Å²) in [6.07, 6.45) is 0. The highest BCUT2D eigenvalue weighted by Gasteiger charge is 2.02. The summed E-state index contributed by atoms with van der Waals surface area (Å²) >= 11 is 0. The summed E-state index contributed by atoms with van der Waals surface area (Å²) in [7, 11) is 0. The van der Waals surface area contributed by atoms with Gasteiger partial charge in [-0.25, -0.2) is 4.39 Å². The van der Waals surface area contributed by atoms with Gasteiger partial charge >= 0.3 is 0 Å². The zero-order chi connectivity index (χ0) is 11.5. The van der Waals surface area contributed by atoms with E-state index in [-0.39, 0.29) is 5.82 Å². The van der Waals surface area contributed by atoms with E-state index in [0.717, 1.165) is 11.3 Å². The first-order chi connectivity index (χ1) is 7.65. The van der Waals surface area contributed by atoms with Crippen LogP contribution in [0.1, 0.15) is 5.56 Å². The van der Waals surface area contributed by atoms with Crippen molar-refractivity contribution in [1.82, 2.24) is 0 Å². The normalized spacial score (nSPS) is 10.1. The van der Waals surface area contributed by atoms with Crippen molar-refractivity contribution in [3.8, 4) is 0 Å². The third-order valence-corrected chi connectivity index (χ3v) is 2.29. The molecular weight excluding hydrogens is 203 g/mol. The van der Waals surface area contributed by atoms with Crippen LogP contribution >= 0.6 is 0 Å². The molecule has 2 nitrogen and oxygen atoms in total. The van der Waals surface area contributed by atoms with E-state index >= 15 is 0 Å². The highest BCUT2D eigenvalue weighted by molar-refractivity contribution is 5.63. The number of nitrogen functional groups attached to an aromatic ring is 1. The number of nitrogens with one attached hydrogen (secondary N) is 1. The Balaban J connectivity index is 2.27. The van der Waals surface area contributed by atoms with Crippen molar-refractivity contribution in [1.29, 1.82) is 0 Å². The summed E-state index contributed by atoms with van der Waals surface area (Å²) in [5, 5.41) is 3.01. The van der Waals surface area contributed by atoms with Gasteiger partial charge in [0, 0.05) is 11.4 Å². The molecule has 0 fully saturated rings. The van der Waals surface area contributed by atoms with Crippen molar-refractivity contribution in [2.45, 2.75) is 6.92 Å². The average molecular weight is 216 g/mol. The molecule has 0 saturated carbocycles. The first kappa shape index (κ1) is 10.5. The molecule has 0 amide bonds. The van der Waals surface area contributed by atoms with Gasteiger partial charge in [-0.15, -0.1) is 0 Å². The van der Waals surface area contributed by atoms with Gasteiger partial charge in [0.2, 0.25) is 0 Å². The maximum absolute atomic E-state index is 13.5. The van der Waals surface area contributed by atoms with Gasteiger partial charge in [0.25, 0.3) is 0 Å². The molecule has 0 heterocycles. The number of aryl methyl sites for hydroxylation is 1. The van der Waals surface area contributed by atoms with Crippen LogP contribution in [-0.2, 0) is 0 Å². The number of halogens is 1. The van der Waals surface area contributed by atoms with Crippen LogP contribution in [0.2, 0.25) is 0 Å². The molecule has 0 unspecified atom stereocenters. The van der Waals surface area contributed by atoms with E-state index in [1.54, 1.807) is 12.1 Å². The van der Waals surface area contributed by atoms with E-state index in [9.17, 15) is 4.39 Å². The second kappa shape index (κ2) is 4.23. The predicted molar refractivity (Wildman–Crippen MR) is 65.3 cm³/mol. The second-order valence-electron chi connectivity index (χ2n) is 3.73. The Hall–Kier alpha value is -2.03. The van der Waals surface area contributed by atoms with Crippen LogP contribution < -0.4 is 11.1 Å². The van der Waals surface area contributed by atoms with Gasteiger partial charge in [-0.05, 0) is 42.8 Å². The zero-order valence-corrected chi connectivity index (χ0v) is 9.00. The Kier molecular flexibility index (Phi) is 2.77. The van der Waals surface area contributed by atoms with Crippen molar-refractivity contribution in [2.24, 2.45) is 0 Å². The highest BCUT2D eigenvalue weighted by atomic mass is 19.1. The molecule has 0 aliphatic rings. The largest absolute Gasteiger partial charge is 0.399 e. The number of benzene rings is 2. The monoisotopic (exact) mass is 216 g/mol. The summed E-state index contributed by atoms with van der Waals surface area (Å²) in [6.45, 7) is 1.99. The third kappa shape index (κ3) is 2.31. The van der Waals surface area contributed by atoms with Gasteiger partial charge in [-0.1, -0.05) is 12.1 Å². The molecule has 3 N–H and O–H groups in total. The van der Waals surface area contributed by atoms with E-state index in [1.165, 1.54) is 6.07 Å². The van der Waals surface area contributed by atoms with Gasteiger partial charge in [-0.2, -0.15) is 0 Å². The standard InChI is InChI=1S/C13H13FN2/c1-9-3-2-4-11(7-9)16-13-6-5-10(15)8-12(13)14/h2-8,16H,15H2,1H3. The molecule has 2 aromatic rings. The molecule has 3 heteroatoms. The number of rotatable bonds is 2. The average Bonchev–Trinajstić information content (AvgIpc) is 2.22. The Labute approximate surface area is 93.9 Å². The maximum atomic E-state index is 13.5. The predicted octanol–water partition coefficient (Wildman–Crippen LogP) is 3.46. The van der Waals surface area contributed by atoms with E-state index in [0.29, 0.717) is 11.4 Å². The summed E-state index contributed by atoms with van der Waals surface area (Å²) in [4.78, 5) is 0. The molecule has 0 bridgehead atoms. The summed E-state index contributed by atoms with van der Waals surface area (Å²) in [5.74, 6) is -0.346. The first-order valence-electron chi connectivity index (χ1n) is 5.04. The molecule has 0 spiro atoms. The van der Waals surface area contributed by atoms with E-state index in [4.69, 9.17) is 5.73 Å². The minimum absolute atomic E-state index is 0.346. The van der Waals surface area contributed by atoms with Crippen LogP contribution in [0.15, 0.2) is 42.5 Å².